The Morgan fingerprint density at radius 3 is 2.43 bits per heavy atom. The number of aromatic amines is 1. The van der Waals surface area contributed by atoms with E-state index in [0.29, 0.717) is 28.8 Å². The SMILES string of the molecule is Cc1ccc(S(=O)(=O)N(CC(=O)NCCSc2n[nH]c(-c3ccccc3)n2)Cc2ccc(F)cc2)cc1. The van der Waals surface area contributed by atoms with Crippen molar-refractivity contribution < 1.29 is 17.6 Å². The van der Waals surface area contributed by atoms with Gasteiger partial charge in [-0.05, 0) is 36.8 Å². The zero-order valence-electron chi connectivity index (χ0n) is 20.1. The summed E-state index contributed by atoms with van der Waals surface area (Å²) in [6.07, 6.45) is 0. The van der Waals surface area contributed by atoms with Crippen LogP contribution < -0.4 is 5.32 Å². The summed E-state index contributed by atoms with van der Waals surface area (Å²) in [5.41, 5.74) is 2.41. The Morgan fingerprint density at radius 1 is 1.03 bits per heavy atom. The van der Waals surface area contributed by atoms with Gasteiger partial charge in [0.1, 0.15) is 5.82 Å². The van der Waals surface area contributed by atoms with Crippen molar-refractivity contribution in [3.05, 3.63) is 95.8 Å². The van der Waals surface area contributed by atoms with E-state index in [0.717, 1.165) is 15.4 Å². The molecule has 0 aliphatic rings. The molecule has 4 aromatic rings. The first-order valence-electron chi connectivity index (χ1n) is 11.5. The number of sulfonamides is 1. The summed E-state index contributed by atoms with van der Waals surface area (Å²) in [5, 5.41) is 10.4. The predicted octanol–water partition coefficient (Wildman–Crippen LogP) is 4.02. The van der Waals surface area contributed by atoms with Crippen LogP contribution in [0.2, 0.25) is 0 Å². The van der Waals surface area contributed by atoms with Crippen molar-refractivity contribution in [2.24, 2.45) is 0 Å². The number of H-pyrrole nitrogens is 1. The highest BCUT2D eigenvalue weighted by Gasteiger charge is 2.27. The normalized spacial score (nSPS) is 11.5. The van der Waals surface area contributed by atoms with Crippen LogP contribution in [0.15, 0.2) is 88.9 Å². The van der Waals surface area contributed by atoms with Crippen LogP contribution in [-0.2, 0) is 21.4 Å². The first kappa shape index (κ1) is 26.5. The Bertz CT molecular complexity index is 1430. The fourth-order valence-corrected chi connectivity index (χ4v) is 5.50. The van der Waals surface area contributed by atoms with E-state index in [-0.39, 0.29) is 18.0 Å². The molecule has 11 heteroatoms. The maximum absolute atomic E-state index is 13.3. The van der Waals surface area contributed by atoms with E-state index in [1.165, 1.54) is 48.2 Å². The van der Waals surface area contributed by atoms with Crippen LogP contribution in [-0.4, -0.2) is 52.7 Å². The molecule has 0 aliphatic carbocycles. The second-order valence-electron chi connectivity index (χ2n) is 8.24. The van der Waals surface area contributed by atoms with Gasteiger partial charge in [0.15, 0.2) is 5.82 Å². The number of benzene rings is 3. The Kier molecular flexibility index (Phi) is 8.70. The monoisotopic (exact) mass is 539 g/mol. The number of nitrogens with one attached hydrogen (secondary N) is 2. The number of carbonyl (C=O) groups is 1. The van der Waals surface area contributed by atoms with Gasteiger partial charge >= 0.3 is 0 Å². The number of amides is 1. The quantitative estimate of drug-likeness (QED) is 0.220. The summed E-state index contributed by atoms with van der Waals surface area (Å²) in [4.78, 5) is 17.2. The number of hydrogen-bond acceptors (Lipinski definition) is 6. The van der Waals surface area contributed by atoms with E-state index < -0.39 is 21.7 Å². The summed E-state index contributed by atoms with van der Waals surface area (Å²) < 4.78 is 41.1. The van der Waals surface area contributed by atoms with Gasteiger partial charge in [-0.15, -0.1) is 5.10 Å². The first-order chi connectivity index (χ1) is 17.8. The molecule has 0 saturated carbocycles. The average molecular weight is 540 g/mol. The molecule has 192 valence electrons. The smallest absolute Gasteiger partial charge is 0.243 e. The highest BCUT2D eigenvalue weighted by atomic mass is 32.2. The number of aryl methyl sites for hydroxylation is 1. The van der Waals surface area contributed by atoms with Crippen LogP contribution >= 0.6 is 11.8 Å². The van der Waals surface area contributed by atoms with Crippen LogP contribution in [0.4, 0.5) is 4.39 Å². The molecule has 1 heterocycles. The van der Waals surface area contributed by atoms with Gasteiger partial charge in [-0.25, -0.2) is 17.8 Å². The van der Waals surface area contributed by atoms with Gasteiger partial charge in [0.05, 0.1) is 11.4 Å². The minimum atomic E-state index is -3.97. The molecule has 4 rings (SSSR count). The second-order valence-corrected chi connectivity index (χ2v) is 11.2. The van der Waals surface area contributed by atoms with Gasteiger partial charge in [-0.1, -0.05) is 71.9 Å². The number of rotatable bonds is 11. The molecular formula is C26H26FN5O3S2. The first-order valence-corrected chi connectivity index (χ1v) is 13.9. The number of carbonyl (C=O) groups excluding carboxylic acids is 1. The van der Waals surface area contributed by atoms with Gasteiger partial charge in [-0.3, -0.25) is 9.89 Å². The van der Waals surface area contributed by atoms with Crippen molar-refractivity contribution >= 4 is 27.7 Å². The van der Waals surface area contributed by atoms with Crippen molar-refractivity contribution in [1.29, 1.82) is 0 Å². The van der Waals surface area contributed by atoms with E-state index in [1.807, 2.05) is 37.3 Å². The maximum Gasteiger partial charge on any atom is 0.243 e. The van der Waals surface area contributed by atoms with E-state index in [1.54, 1.807) is 12.1 Å². The lowest BCUT2D eigenvalue weighted by atomic mass is 10.2. The lowest BCUT2D eigenvalue weighted by Crippen LogP contribution is -2.40. The van der Waals surface area contributed by atoms with Crippen molar-refractivity contribution in [1.82, 2.24) is 24.8 Å². The lowest BCUT2D eigenvalue weighted by Gasteiger charge is -2.22. The van der Waals surface area contributed by atoms with E-state index >= 15 is 0 Å². The van der Waals surface area contributed by atoms with Crippen molar-refractivity contribution in [3.8, 4) is 11.4 Å². The molecule has 0 fully saturated rings. The molecule has 37 heavy (non-hydrogen) atoms. The summed E-state index contributed by atoms with van der Waals surface area (Å²) in [7, 11) is -3.97. The van der Waals surface area contributed by atoms with Crippen LogP contribution in [0.1, 0.15) is 11.1 Å². The zero-order valence-corrected chi connectivity index (χ0v) is 21.7. The number of aromatic nitrogens is 3. The maximum atomic E-state index is 13.3. The summed E-state index contributed by atoms with van der Waals surface area (Å²) >= 11 is 1.37. The van der Waals surface area contributed by atoms with Crippen LogP contribution in [0.3, 0.4) is 0 Å². The minimum Gasteiger partial charge on any atom is -0.354 e. The third kappa shape index (κ3) is 7.25. The van der Waals surface area contributed by atoms with Crippen molar-refractivity contribution in [2.45, 2.75) is 23.5 Å². The van der Waals surface area contributed by atoms with Gasteiger partial charge in [0.25, 0.3) is 0 Å². The van der Waals surface area contributed by atoms with E-state index in [4.69, 9.17) is 0 Å². The number of halogens is 1. The molecule has 0 atom stereocenters. The number of nitrogens with zero attached hydrogens (tertiary/aromatic N) is 3. The minimum absolute atomic E-state index is 0.0713. The Balaban J connectivity index is 1.36. The zero-order chi connectivity index (χ0) is 26.3. The molecule has 3 aromatic carbocycles. The van der Waals surface area contributed by atoms with E-state index in [9.17, 15) is 17.6 Å². The van der Waals surface area contributed by atoms with Crippen molar-refractivity contribution in [2.75, 3.05) is 18.8 Å². The predicted molar refractivity (Wildman–Crippen MR) is 141 cm³/mol. The van der Waals surface area contributed by atoms with Gasteiger partial charge in [0, 0.05) is 24.4 Å². The average Bonchev–Trinajstić information content (AvgIpc) is 3.37. The fraction of sp³-hybridized carbons (Fsp3) is 0.192. The number of thioether (sulfide) groups is 1. The molecule has 0 saturated heterocycles. The molecule has 8 nitrogen and oxygen atoms in total. The van der Waals surface area contributed by atoms with Gasteiger partial charge in [-0.2, -0.15) is 4.31 Å². The van der Waals surface area contributed by atoms with Crippen molar-refractivity contribution in [3.63, 3.8) is 0 Å². The Labute approximate surface area is 219 Å². The highest BCUT2D eigenvalue weighted by Crippen LogP contribution is 2.20. The van der Waals surface area contributed by atoms with Crippen LogP contribution in [0, 0.1) is 12.7 Å². The summed E-state index contributed by atoms with van der Waals surface area (Å²) in [6.45, 7) is 1.71. The largest absolute Gasteiger partial charge is 0.354 e. The van der Waals surface area contributed by atoms with Crippen LogP contribution in [0.25, 0.3) is 11.4 Å². The molecule has 0 bridgehead atoms. The topological polar surface area (TPSA) is 108 Å². The molecule has 2 N–H and O–H groups in total. The fourth-order valence-electron chi connectivity index (χ4n) is 3.46. The summed E-state index contributed by atoms with van der Waals surface area (Å²) in [6, 6.07) is 21.6. The molecule has 0 spiro atoms. The molecule has 0 aliphatic heterocycles. The molecule has 0 unspecified atom stereocenters. The third-order valence-electron chi connectivity index (χ3n) is 5.42. The van der Waals surface area contributed by atoms with Crippen LogP contribution in [0.5, 0.6) is 0 Å². The van der Waals surface area contributed by atoms with E-state index in [2.05, 4.69) is 20.5 Å². The molecule has 1 aromatic heterocycles. The lowest BCUT2D eigenvalue weighted by molar-refractivity contribution is -0.121. The molecular weight excluding hydrogens is 513 g/mol. The second kappa shape index (κ2) is 12.1. The van der Waals surface area contributed by atoms with Gasteiger partial charge < -0.3 is 5.32 Å². The Morgan fingerprint density at radius 2 is 1.73 bits per heavy atom. The summed E-state index contributed by atoms with van der Waals surface area (Å²) in [5.74, 6) is 0.290. The molecule has 1 amide bonds. The Hall–Kier alpha value is -3.54. The standard InChI is InChI=1S/C26H26FN5O3S2/c1-19-7-13-23(14-8-19)37(34,35)32(17-20-9-11-22(27)12-10-20)18-24(33)28-15-16-36-26-29-25(30-31-26)21-5-3-2-4-6-21/h2-14H,15-18H2,1H3,(H,28,33)(H,29,30,31). The number of hydrogen-bond donors (Lipinski definition) is 2. The molecule has 0 radical (unpaired) electrons. The third-order valence-corrected chi connectivity index (χ3v) is 8.07. The highest BCUT2D eigenvalue weighted by molar-refractivity contribution is 7.99. The van der Waals surface area contributed by atoms with Gasteiger partial charge in [0.2, 0.25) is 21.1 Å².